The molecule has 1 fully saturated rings. The van der Waals surface area contributed by atoms with Gasteiger partial charge < -0.3 is 19.7 Å². The summed E-state index contributed by atoms with van der Waals surface area (Å²) in [6.07, 6.45) is 7.31. The second-order valence-electron chi connectivity index (χ2n) is 7.81. The molecular weight excluding hydrogens is 312 g/mol. The Morgan fingerprint density at radius 2 is 2.16 bits per heavy atom. The number of rotatable bonds is 6. The number of nitrogens with two attached hydrogens (primary N) is 1. The highest BCUT2D eigenvalue weighted by Crippen LogP contribution is 2.32. The molecule has 136 valence electrons. The molecule has 1 aromatic heterocycles. The van der Waals surface area contributed by atoms with Crippen LogP contribution in [0, 0.1) is 6.92 Å². The number of fused-ring (bicyclic) bond motifs is 3. The predicted octanol–water partition coefficient (Wildman–Crippen LogP) is 1.93. The van der Waals surface area contributed by atoms with Crippen molar-refractivity contribution in [1.82, 2.24) is 4.57 Å². The Morgan fingerprint density at radius 1 is 1.28 bits per heavy atom. The summed E-state index contributed by atoms with van der Waals surface area (Å²) in [6, 6.07) is 6.76. The lowest BCUT2D eigenvalue weighted by Gasteiger charge is -2.18. The van der Waals surface area contributed by atoms with Gasteiger partial charge in [-0.1, -0.05) is 11.6 Å². The molecule has 4 nitrogen and oxygen atoms in total. The third kappa shape index (κ3) is 3.62. The molecule has 0 spiro atoms. The van der Waals surface area contributed by atoms with Crippen LogP contribution in [0.4, 0.5) is 0 Å². The Balaban J connectivity index is 1.48. The first kappa shape index (κ1) is 17.1. The molecule has 1 aromatic carbocycles. The maximum atomic E-state index is 10.6. The number of aliphatic hydroxyl groups excluding tert-OH is 1. The third-order valence-electron chi connectivity index (χ3n) is 5.82. The van der Waals surface area contributed by atoms with E-state index in [1.165, 1.54) is 59.8 Å². The van der Waals surface area contributed by atoms with E-state index >= 15 is 0 Å². The normalized spacial score (nSPS) is 21.6. The van der Waals surface area contributed by atoms with E-state index in [0.29, 0.717) is 12.6 Å². The summed E-state index contributed by atoms with van der Waals surface area (Å²) >= 11 is 0. The van der Waals surface area contributed by atoms with Crippen molar-refractivity contribution in [2.24, 2.45) is 0 Å². The van der Waals surface area contributed by atoms with Gasteiger partial charge in [0.2, 0.25) is 0 Å². The molecule has 1 aliphatic carbocycles. The van der Waals surface area contributed by atoms with Gasteiger partial charge in [-0.2, -0.15) is 0 Å². The van der Waals surface area contributed by atoms with Gasteiger partial charge in [0, 0.05) is 23.2 Å². The van der Waals surface area contributed by atoms with Crippen molar-refractivity contribution >= 4 is 10.9 Å². The molecule has 0 unspecified atom stereocenters. The second-order valence-corrected chi connectivity index (χ2v) is 7.81. The molecule has 0 saturated carbocycles. The highest BCUT2D eigenvalue weighted by Gasteiger charge is 2.22. The Bertz CT molecular complexity index is 731. The zero-order valence-corrected chi connectivity index (χ0v) is 15.3. The number of aromatic nitrogens is 1. The van der Waals surface area contributed by atoms with Crippen molar-refractivity contribution in [2.45, 2.75) is 64.2 Å². The maximum Gasteiger partial charge on any atom is 0.121 e. The minimum Gasteiger partial charge on any atom is -0.385 e. The molecule has 0 radical (unpaired) electrons. The number of nitrogens with zero attached hydrogens (tertiary/aromatic N) is 1. The molecule has 25 heavy (non-hydrogen) atoms. The summed E-state index contributed by atoms with van der Waals surface area (Å²) in [5.41, 5.74) is 5.62. The number of hydrogen-bond donors (Lipinski definition) is 2. The SMILES string of the molecule is Cc1ccc2c(c1)c1c(n2C[C@H](O)C[NH2+]C[C@@H]2CCCO2)CCCC1. The largest absolute Gasteiger partial charge is 0.385 e. The molecule has 1 aliphatic heterocycles. The Labute approximate surface area is 150 Å². The summed E-state index contributed by atoms with van der Waals surface area (Å²) in [6.45, 7) is 5.50. The van der Waals surface area contributed by atoms with Crippen molar-refractivity contribution in [3.63, 3.8) is 0 Å². The van der Waals surface area contributed by atoms with E-state index in [4.69, 9.17) is 4.74 Å². The summed E-state index contributed by atoms with van der Waals surface area (Å²) < 4.78 is 8.06. The van der Waals surface area contributed by atoms with Crippen LogP contribution < -0.4 is 5.32 Å². The van der Waals surface area contributed by atoms with E-state index in [1.54, 1.807) is 0 Å². The molecule has 2 atom stereocenters. The van der Waals surface area contributed by atoms with Gasteiger partial charge in [-0.05, 0) is 63.1 Å². The average Bonchev–Trinajstić information content (AvgIpc) is 3.22. The van der Waals surface area contributed by atoms with Gasteiger partial charge in [0.15, 0.2) is 0 Å². The van der Waals surface area contributed by atoms with Crippen LogP contribution in [-0.4, -0.2) is 41.6 Å². The Kier molecular flexibility index (Phi) is 5.11. The van der Waals surface area contributed by atoms with E-state index in [-0.39, 0.29) is 6.10 Å². The minimum absolute atomic E-state index is 0.315. The van der Waals surface area contributed by atoms with Crippen LogP contribution in [0.25, 0.3) is 10.9 Å². The average molecular weight is 343 g/mol. The molecule has 2 heterocycles. The standard InChI is InChI=1S/C21H30N2O2/c1-15-8-9-21-19(11-15)18-6-2-3-7-20(18)23(21)14-16(24)12-22-13-17-5-4-10-25-17/h8-9,11,16-17,22,24H,2-7,10,12-14H2,1H3/p+1/t16-,17+/m1/s1. The van der Waals surface area contributed by atoms with Gasteiger partial charge in [-0.15, -0.1) is 0 Å². The van der Waals surface area contributed by atoms with Crippen molar-refractivity contribution in [2.75, 3.05) is 19.7 Å². The van der Waals surface area contributed by atoms with Gasteiger partial charge >= 0.3 is 0 Å². The highest BCUT2D eigenvalue weighted by molar-refractivity contribution is 5.86. The van der Waals surface area contributed by atoms with Gasteiger partial charge in [0.05, 0.1) is 6.54 Å². The van der Waals surface area contributed by atoms with Crippen molar-refractivity contribution in [3.05, 3.63) is 35.0 Å². The van der Waals surface area contributed by atoms with Gasteiger partial charge in [-0.25, -0.2) is 0 Å². The van der Waals surface area contributed by atoms with Gasteiger partial charge in [0.1, 0.15) is 25.3 Å². The number of ether oxygens (including phenoxy) is 1. The van der Waals surface area contributed by atoms with Crippen LogP contribution in [0.3, 0.4) is 0 Å². The summed E-state index contributed by atoms with van der Waals surface area (Å²) in [5, 5.41) is 14.3. The fourth-order valence-electron chi connectivity index (χ4n) is 4.55. The lowest BCUT2D eigenvalue weighted by molar-refractivity contribution is -0.666. The van der Waals surface area contributed by atoms with Crippen LogP contribution in [-0.2, 0) is 24.1 Å². The monoisotopic (exact) mass is 343 g/mol. The second kappa shape index (κ2) is 7.48. The number of hydrogen-bond acceptors (Lipinski definition) is 2. The summed E-state index contributed by atoms with van der Waals surface area (Å²) in [4.78, 5) is 0. The fourth-order valence-corrected chi connectivity index (χ4v) is 4.55. The van der Waals surface area contributed by atoms with E-state index in [9.17, 15) is 5.11 Å². The zero-order valence-electron chi connectivity index (χ0n) is 15.3. The molecule has 2 aromatic rings. The van der Waals surface area contributed by atoms with Crippen LogP contribution >= 0.6 is 0 Å². The number of quaternary nitrogens is 1. The fraction of sp³-hybridized carbons (Fsp3) is 0.619. The van der Waals surface area contributed by atoms with E-state index in [1.807, 2.05) is 0 Å². The quantitative estimate of drug-likeness (QED) is 0.842. The topological polar surface area (TPSA) is 51.0 Å². The van der Waals surface area contributed by atoms with Crippen LogP contribution in [0.5, 0.6) is 0 Å². The first-order chi connectivity index (χ1) is 12.2. The molecule has 4 rings (SSSR count). The van der Waals surface area contributed by atoms with Crippen molar-refractivity contribution < 1.29 is 15.2 Å². The molecule has 0 amide bonds. The molecule has 0 bridgehead atoms. The minimum atomic E-state index is -0.315. The van der Waals surface area contributed by atoms with Crippen molar-refractivity contribution in [1.29, 1.82) is 0 Å². The summed E-state index contributed by atoms with van der Waals surface area (Å²) in [7, 11) is 0. The molecular formula is C21H31N2O2+. The van der Waals surface area contributed by atoms with E-state index < -0.39 is 0 Å². The van der Waals surface area contributed by atoms with Crippen LogP contribution in [0.1, 0.15) is 42.5 Å². The number of aryl methyl sites for hydroxylation is 2. The van der Waals surface area contributed by atoms with Crippen LogP contribution in [0.2, 0.25) is 0 Å². The maximum absolute atomic E-state index is 10.6. The van der Waals surface area contributed by atoms with E-state index in [2.05, 4.69) is 35.0 Å². The van der Waals surface area contributed by atoms with Gasteiger partial charge in [0.25, 0.3) is 0 Å². The zero-order chi connectivity index (χ0) is 17.2. The molecule has 3 N–H and O–H groups in total. The number of benzene rings is 1. The van der Waals surface area contributed by atoms with E-state index in [0.717, 1.165) is 26.1 Å². The third-order valence-corrected chi connectivity index (χ3v) is 5.82. The number of aliphatic hydroxyl groups is 1. The molecule has 1 saturated heterocycles. The predicted molar refractivity (Wildman–Crippen MR) is 100.0 cm³/mol. The molecule has 2 aliphatic rings. The summed E-state index contributed by atoms with van der Waals surface area (Å²) in [5.74, 6) is 0. The Morgan fingerprint density at radius 3 is 3.00 bits per heavy atom. The van der Waals surface area contributed by atoms with Crippen molar-refractivity contribution in [3.8, 4) is 0 Å². The smallest absolute Gasteiger partial charge is 0.121 e. The highest BCUT2D eigenvalue weighted by atomic mass is 16.5. The lowest BCUT2D eigenvalue weighted by Crippen LogP contribution is -2.88. The van der Waals surface area contributed by atoms with Gasteiger partial charge in [-0.3, -0.25) is 0 Å². The first-order valence-electron chi connectivity index (χ1n) is 9.94. The molecule has 4 heteroatoms. The Hall–Kier alpha value is -1.36. The lowest BCUT2D eigenvalue weighted by atomic mass is 9.95. The van der Waals surface area contributed by atoms with Crippen LogP contribution in [0.15, 0.2) is 18.2 Å². The first-order valence-corrected chi connectivity index (χ1v) is 9.94.